The van der Waals surface area contributed by atoms with Crippen LogP contribution >= 0.6 is 0 Å². The van der Waals surface area contributed by atoms with Crippen molar-refractivity contribution in [3.8, 4) is 22.5 Å². The zero-order valence-electron chi connectivity index (χ0n) is 11.5. The van der Waals surface area contributed by atoms with Crippen LogP contribution < -0.4 is 4.68 Å². The second kappa shape index (κ2) is 4.93. The van der Waals surface area contributed by atoms with E-state index >= 15 is 0 Å². The van der Waals surface area contributed by atoms with Crippen LogP contribution in [0.3, 0.4) is 0 Å². The number of halogens is 1. The summed E-state index contributed by atoms with van der Waals surface area (Å²) in [6.45, 7) is 0. The quantitative estimate of drug-likeness (QED) is 0.630. The molecule has 0 radical (unpaired) electrons. The molecule has 1 aromatic heterocycles. The lowest BCUT2D eigenvalue weighted by molar-refractivity contribution is -0.740. The van der Waals surface area contributed by atoms with Crippen molar-refractivity contribution in [2.24, 2.45) is 14.1 Å². The van der Waals surface area contributed by atoms with Crippen molar-refractivity contribution in [2.75, 3.05) is 0 Å². The lowest BCUT2D eigenvalue weighted by Crippen LogP contribution is -2.39. The van der Waals surface area contributed by atoms with E-state index in [0.29, 0.717) is 0 Å². The lowest BCUT2D eigenvalue weighted by atomic mass is 10.1. The van der Waals surface area contributed by atoms with Gasteiger partial charge in [0.15, 0.2) is 7.05 Å². The predicted molar refractivity (Wildman–Crippen MR) is 77.4 cm³/mol. The van der Waals surface area contributed by atoms with Crippen molar-refractivity contribution in [3.05, 3.63) is 66.5 Å². The highest BCUT2D eigenvalue weighted by molar-refractivity contribution is 5.66. The van der Waals surface area contributed by atoms with Gasteiger partial charge in [0.25, 0.3) is 0 Å². The van der Waals surface area contributed by atoms with Crippen LogP contribution in [0.5, 0.6) is 0 Å². The predicted octanol–water partition coefficient (Wildman–Crippen LogP) is 3.32. The third-order valence-electron chi connectivity index (χ3n) is 3.63. The SMILES string of the molecule is Cn1c(-c2ccc(F)cc2)cc(-c2ccccc2)[n+]1C. The fourth-order valence-corrected chi connectivity index (χ4v) is 2.41. The zero-order chi connectivity index (χ0) is 14.1. The van der Waals surface area contributed by atoms with Crippen molar-refractivity contribution in [3.63, 3.8) is 0 Å². The Hall–Kier alpha value is -2.42. The summed E-state index contributed by atoms with van der Waals surface area (Å²) in [7, 11) is 4.03. The van der Waals surface area contributed by atoms with Crippen LogP contribution in [0.15, 0.2) is 60.7 Å². The van der Waals surface area contributed by atoms with Gasteiger partial charge in [-0.3, -0.25) is 0 Å². The van der Waals surface area contributed by atoms with Gasteiger partial charge in [0.1, 0.15) is 11.5 Å². The molecule has 3 aromatic rings. The van der Waals surface area contributed by atoms with Crippen LogP contribution in [0.25, 0.3) is 22.5 Å². The van der Waals surface area contributed by atoms with Gasteiger partial charge in [0, 0.05) is 17.2 Å². The molecule has 2 nitrogen and oxygen atoms in total. The van der Waals surface area contributed by atoms with E-state index in [1.54, 1.807) is 12.1 Å². The van der Waals surface area contributed by atoms with Crippen LogP contribution in [0.4, 0.5) is 4.39 Å². The monoisotopic (exact) mass is 267 g/mol. The molecule has 0 aliphatic carbocycles. The van der Waals surface area contributed by atoms with Gasteiger partial charge in [-0.25, -0.2) is 4.39 Å². The lowest BCUT2D eigenvalue weighted by Gasteiger charge is -1.99. The Bertz CT molecular complexity index is 728. The number of benzene rings is 2. The average molecular weight is 267 g/mol. The van der Waals surface area contributed by atoms with E-state index in [2.05, 4.69) is 27.6 Å². The van der Waals surface area contributed by atoms with Crippen molar-refractivity contribution in [2.45, 2.75) is 0 Å². The molecule has 0 saturated carbocycles. The van der Waals surface area contributed by atoms with E-state index in [9.17, 15) is 4.39 Å². The first-order chi connectivity index (χ1) is 9.66. The molecule has 0 spiro atoms. The summed E-state index contributed by atoms with van der Waals surface area (Å²) >= 11 is 0. The molecule has 0 unspecified atom stereocenters. The highest BCUT2D eigenvalue weighted by atomic mass is 19.1. The summed E-state index contributed by atoms with van der Waals surface area (Å²) in [5, 5.41) is 0. The van der Waals surface area contributed by atoms with Gasteiger partial charge in [0.2, 0.25) is 5.69 Å². The molecule has 2 aromatic carbocycles. The summed E-state index contributed by atoms with van der Waals surface area (Å²) in [6, 6.07) is 19.0. The minimum absolute atomic E-state index is 0.212. The smallest absolute Gasteiger partial charge is 0.207 e. The van der Waals surface area contributed by atoms with E-state index < -0.39 is 0 Å². The zero-order valence-corrected chi connectivity index (χ0v) is 11.5. The van der Waals surface area contributed by atoms with Gasteiger partial charge in [0.05, 0.1) is 7.05 Å². The van der Waals surface area contributed by atoms with E-state index in [4.69, 9.17) is 0 Å². The third-order valence-corrected chi connectivity index (χ3v) is 3.63. The number of hydrogen-bond donors (Lipinski definition) is 0. The largest absolute Gasteiger partial charge is 0.238 e. The van der Waals surface area contributed by atoms with Crippen LogP contribution in [0, 0.1) is 5.82 Å². The molecule has 0 aliphatic heterocycles. The summed E-state index contributed by atoms with van der Waals surface area (Å²) < 4.78 is 17.2. The molecule has 0 bridgehead atoms. The first-order valence-electron chi connectivity index (χ1n) is 6.54. The normalized spacial score (nSPS) is 10.8. The van der Waals surface area contributed by atoms with E-state index in [1.807, 2.05) is 32.3 Å². The molecule has 100 valence electrons. The number of nitrogens with zero attached hydrogens (tertiary/aromatic N) is 2. The van der Waals surface area contributed by atoms with E-state index in [1.165, 1.54) is 17.7 Å². The van der Waals surface area contributed by atoms with E-state index in [0.717, 1.165) is 17.0 Å². The van der Waals surface area contributed by atoms with Gasteiger partial charge in [-0.1, -0.05) is 18.2 Å². The standard InChI is InChI=1S/C17H16FN2/c1-19-16(13-6-4-3-5-7-13)12-17(20(19)2)14-8-10-15(18)11-9-14/h3-12H,1-2H3/q+1. The maximum atomic E-state index is 13.0. The van der Waals surface area contributed by atoms with Gasteiger partial charge in [-0.05, 0) is 36.4 Å². The Morgan fingerprint density at radius 2 is 1.55 bits per heavy atom. The molecule has 3 heteroatoms. The second-order valence-electron chi connectivity index (χ2n) is 4.83. The van der Waals surface area contributed by atoms with Gasteiger partial charge >= 0.3 is 0 Å². The van der Waals surface area contributed by atoms with Crippen molar-refractivity contribution < 1.29 is 9.07 Å². The van der Waals surface area contributed by atoms with Crippen LogP contribution in [-0.4, -0.2) is 4.68 Å². The Morgan fingerprint density at radius 1 is 0.900 bits per heavy atom. The minimum Gasteiger partial charge on any atom is -0.207 e. The van der Waals surface area contributed by atoms with Crippen molar-refractivity contribution >= 4 is 0 Å². The highest BCUT2D eigenvalue weighted by Crippen LogP contribution is 2.24. The van der Waals surface area contributed by atoms with Crippen molar-refractivity contribution in [1.29, 1.82) is 0 Å². The third kappa shape index (κ3) is 2.11. The van der Waals surface area contributed by atoms with Gasteiger partial charge in [-0.2, -0.15) is 4.68 Å². The minimum atomic E-state index is -0.212. The summed E-state index contributed by atoms with van der Waals surface area (Å²) in [6.07, 6.45) is 0. The molecule has 20 heavy (non-hydrogen) atoms. The molecular weight excluding hydrogens is 251 g/mol. The Kier molecular flexibility index (Phi) is 3.11. The number of rotatable bonds is 2. The molecule has 0 fully saturated rings. The highest BCUT2D eigenvalue weighted by Gasteiger charge is 2.19. The molecule has 0 saturated heterocycles. The Morgan fingerprint density at radius 3 is 2.20 bits per heavy atom. The molecule has 0 atom stereocenters. The fraction of sp³-hybridized carbons (Fsp3) is 0.118. The molecule has 1 heterocycles. The molecule has 0 amide bonds. The fourth-order valence-electron chi connectivity index (χ4n) is 2.41. The molecule has 0 aliphatic rings. The maximum Gasteiger partial charge on any atom is 0.238 e. The summed E-state index contributed by atoms with van der Waals surface area (Å²) in [5.41, 5.74) is 4.37. The number of aromatic nitrogens is 2. The average Bonchev–Trinajstić information content (AvgIpc) is 2.77. The molecule has 3 rings (SSSR count). The first kappa shape index (κ1) is 12.6. The Labute approximate surface area is 117 Å². The molecular formula is C17H16FN2+. The molecule has 0 N–H and O–H groups in total. The summed E-state index contributed by atoms with van der Waals surface area (Å²) in [4.78, 5) is 0. The topological polar surface area (TPSA) is 8.81 Å². The Balaban J connectivity index is 2.13. The van der Waals surface area contributed by atoms with Crippen molar-refractivity contribution in [1.82, 2.24) is 4.68 Å². The van der Waals surface area contributed by atoms with Gasteiger partial charge in [-0.15, -0.1) is 4.68 Å². The summed E-state index contributed by atoms with van der Waals surface area (Å²) in [5.74, 6) is -0.212. The second-order valence-corrected chi connectivity index (χ2v) is 4.83. The van der Waals surface area contributed by atoms with E-state index in [-0.39, 0.29) is 5.82 Å². The first-order valence-corrected chi connectivity index (χ1v) is 6.54. The van der Waals surface area contributed by atoms with Crippen LogP contribution in [0.1, 0.15) is 0 Å². The van der Waals surface area contributed by atoms with Crippen LogP contribution in [0.2, 0.25) is 0 Å². The maximum absolute atomic E-state index is 13.0. The number of hydrogen-bond acceptors (Lipinski definition) is 0. The van der Waals surface area contributed by atoms with Gasteiger partial charge < -0.3 is 0 Å². The van der Waals surface area contributed by atoms with Crippen LogP contribution in [-0.2, 0) is 14.1 Å².